The van der Waals surface area contributed by atoms with Gasteiger partial charge in [0.1, 0.15) is 0 Å². The normalized spacial score (nSPS) is 13.4. The van der Waals surface area contributed by atoms with Crippen LogP contribution < -0.4 is 5.73 Å². The molecule has 2 heteroatoms. The molecule has 0 heterocycles. The van der Waals surface area contributed by atoms with Crippen molar-refractivity contribution >= 4 is 16.3 Å². The molecule has 1 aliphatic rings. The van der Waals surface area contributed by atoms with Crippen LogP contribution in [0, 0.1) is 11.3 Å². The highest BCUT2D eigenvalue weighted by atomic mass is 14.5. The van der Waals surface area contributed by atoms with Crippen LogP contribution in [-0.4, -0.2) is 0 Å². The molecule has 0 radical (unpaired) electrons. The van der Waals surface area contributed by atoms with Crippen molar-refractivity contribution < 1.29 is 0 Å². The lowest BCUT2D eigenvalue weighted by molar-refractivity contribution is 0.769. The van der Waals surface area contributed by atoms with Gasteiger partial charge < -0.3 is 5.73 Å². The highest BCUT2D eigenvalue weighted by molar-refractivity contribution is 6.09. The van der Waals surface area contributed by atoms with E-state index < -0.39 is 5.41 Å². The first-order chi connectivity index (χ1) is 23.7. The molecule has 0 bridgehead atoms. The fourth-order valence-corrected chi connectivity index (χ4v) is 7.32. The lowest BCUT2D eigenvalue weighted by Gasteiger charge is -2.34. The number of nitriles is 1. The Hall–Kier alpha value is -6.17. The number of hydrogen-bond acceptors (Lipinski definition) is 2. The average Bonchev–Trinajstić information content (AvgIpc) is 3.45. The summed E-state index contributed by atoms with van der Waals surface area (Å²) in [4.78, 5) is 0. The number of fused-ring (bicyclic) bond motifs is 5. The minimum absolute atomic E-state index is 0.546. The average molecular weight is 617 g/mol. The summed E-state index contributed by atoms with van der Waals surface area (Å²) in [7, 11) is 0. The predicted molar refractivity (Wildman–Crippen MR) is 201 cm³/mol. The van der Waals surface area contributed by atoms with Crippen molar-refractivity contribution in [2.45, 2.75) is 18.3 Å². The maximum atomic E-state index is 9.32. The first-order valence-corrected chi connectivity index (χ1v) is 16.4. The standard InChI is InChI=1S/C46H36N2/c1-33(16-6-2-7-17-34(32-48)28-29-47)42-31-44-45(40-25-15-14-24-39(40)42)41-27-26-36(35-18-8-3-9-19-35)30-43(41)46(44,37-20-10-4-11-21-37)38-22-12-5-13-23-38/h3-6,8-31H,1-2,7,47H2/b16-6-,29-28-,34-17+. The van der Waals surface area contributed by atoms with Gasteiger partial charge in [0.05, 0.1) is 11.5 Å². The van der Waals surface area contributed by atoms with Crippen molar-refractivity contribution in [3.63, 3.8) is 0 Å². The Bertz CT molecular complexity index is 2210. The minimum atomic E-state index is -0.546. The Kier molecular flexibility index (Phi) is 8.44. The van der Waals surface area contributed by atoms with Crippen molar-refractivity contribution in [1.29, 1.82) is 5.26 Å². The van der Waals surface area contributed by atoms with E-state index in [-0.39, 0.29) is 0 Å². The van der Waals surface area contributed by atoms with Gasteiger partial charge in [-0.15, -0.1) is 0 Å². The van der Waals surface area contributed by atoms with E-state index in [9.17, 15) is 5.26 Å². The van der Waals surface area contributed by atoms with Gasteiger partial charge in [0.25, 0.3) is 0 Å². The zero-order valence-electron chi connectivity index (χ0n) is 26.8. The number of rotatable bonds is 9. The quantitative estimate of drug-likeness (QED) is 0.0996. The van der Waals surface area contributed by atoms with Crippen LogP contribution in [0.4, 0.5) is 0 Å². The summed E-state index contributed by atoms with van der Waals surface area (Å²) in [6, 6.07) is 52.8. The largest absolute Gasteiger partial charge is 0.405 e. The van der Waals surface area contributed by atoms with E-state index in [0.29, 0.717) is 5.57 Å². The van der Waals surface area contributed by atoms with Crippen LogP contribution >= 0.6 is 0 Å². The van der Waals surface area contributed by atoms with Crippen LogP contribution in [0.2, 0.25) is 0 Å². The molecular weight excluding hydrogens is 581 g/mol. The highest BCUT2D eigenvalue weighted by Crippen LogP contribution is 2.59. The molecule has 1 aliphatic carbocycles. The molecule has 0 saturated carbocycles. The fraction of sp³-hybridized carbons (Fsp3) is 0.0652. The topological polar surface area (TPSA) is 49.8 Å². The van der Waals surface area contributed by atoms with Gasteiger partial charge in [0, 0.05) is 5.57 Å². The van der Waals surface area contributed by atoms with Gasteiger partial charge in [-0.2, -0.15) is 5.26 Å². The van der Waals surface area contributed by atoms with Crippen molar-refractivity contribution in [3.05, 3.63) is 210 Å². The lowest BCUT2D eigenvalue weighted by atomic mass is 9.67. The van der Waals surface area contributed by atoms with E-state index in [1.165, 1.54) is 61.5 Å². The summed E-state index contributed by atoms with van der Waals surface area (Å²) in [5, 5.41) is 11.7. The van der Waals surface area contributed by atoms with Crippen LogP contribution in [-0.2, 0) is 5.41 Å². The summed E-state index contributed by atoms with van der Waals surface area (Å²) in [5.41, 5.74) is 17.5. The van der Waals surface area contributed by atoms with E-state index in [4.69, 9.17) is 5.73 Å². The smallest absolute Gasteiger partial charge is 0.0988 e. The van der Waals surface area contributed by atoms with Crippen LogP contribution in [0.3, 0.4) is 0 Å². The van der Waals surface area contributed by atoms with E-state index >= 15 is 0 Å². The van der Waals surface area contributed by atoms with E-state index in [0.717, 1.165) is 24.0 Å². The van der Waals surface area contributed by atoms with Crippen LogP contribution in [0.25, 0.3) is 38.6 Å². The molecule has 0 fully saturated rings. The third kappa shape index (κ3) is 5.26. The van der Waals surface area contributed by atoms with Crippen molar-refractivity contribution in [3.8, 4) is 28.3 Å². The number of allylic oxidation sites excluding steroid dienone is 6. The van der Waals surface area contributed by atoms with Crippen LogP contribution in [0.1, 0.15) is 40.7 Å². The Morgan fingerprint density at radius 3 is 1.94 bits per heavy atom. The molecule has 7 rings (SSSR count). The molecule has 2 nitrogen and oxygen atoms in total. The second-order valence-corrected chi connectivity index (χ2v) is 12.1. The minimum Gasteiger partial charge on any atom is -0.405 e. The summed E-state index contributed by atoms with van der Waals surface area (Å²) >= 11 is 0. The molecule has 0 aromatic heterocycles. The third-order valence-corrected chi connectivity index (χ3v) is 9.43. The molecule has 0 atom stereocenters. The second kappa shape index (κ2) is 13.3. The van der Waals surface area contributed by atoms with E-state index in [2.05, 4.69) is 164 Å². The summed E-state index contributed by atoms with van der Waals surface area (Å²) in [5.74, 6) is 0. The lowest BCUT2D eigenvalue weighted by Crippen LogP contribution is -2.28. The fourth-order valence-electron chi connectivity index (χ4n) is 7.32. The molecular formula is C46H36N2. The zero-order valence-corrected chi connectivity index (χ0v) is 26.8. The molecule has 0 amide bonds. The predicted octanol–water partition coefficient (Wildman–Crippen LogP) is 11.1. The van der Waals surface area contributed by atoms with Crippen LogP contribution in [0.5, 0.6) is 0 Å². The highest BCUT2D eigenvalue weighted by Gasteiger charge is 2.47. The van der Waals surface area contributed by atoms with Gasteiger partial charge in [0.2, 0.25) is 0 Å². The van der Waals surface area contributed by atoms with Gasteiger partial charge in [-0.25, -0.2) is 0 Å². The van der Waals surface area contributed by atoms with Crippen LogP contribution in [0.15, 0.2) is 182 Å². The summed E-state index contributed by atoms with van der Waals surface area (Å²) < 4.78 is 0. The molecule has 0 spiro atoms. The maximum Gasteiger partial charge on any atom is 0.0988 e. The second-order valence-electron chi connectivity index (χ2n) is 12.1. The molecule has 48 heavy (non-hydrogen) atoms. The van der Waals surface area contributed by atoms with Gasteiger partial charge in [-0.3, -0.25) is 0 Å². The first-order valence-electron chi connectivity index (χ1n) is 16.4. The molecule has 6 aromatic carbocycles. The SMILES string of the molecule is C=C(/C=C\CC/C=C(C#N)\C=C/N)c1cc2c(c3ccccc13)-c1ccc(-c3ccccc3)cc1C2(c1ccccc1)c1ccccc1. The zero-order chi connectivity index (χ0) is 32.9. The summed E-state index contributed by atoms with van der Waals surface area (Å²) in [6.07, 6.45) is 10.7. The Morgan fingerprint density at radius 1 is 0.667 bits per heavy atom. The molecule has 0 saturated heterocycles. The van der Waals surface area contributed by atoms with Gasteiger partial charge >= 0.3 is 0 Å². The Labute approximate surface area is 283 Å². The number of nitrogens with zero attached hydrogens (tertiary/aromatic N) is 1. The third-order valence-electron chi connectivity index (χ3n) is 9.43. The van der Waals surface area contributed by atoms with Crippen molar-refractivity contribution in [2.75, 3.05) is 0 Å². The van der Waals surface area contributed by atoms with E-state index in [1.54, 1.807) is 6.08 Å². The first kappa shape index (κ1) is 30.5. The molecule has 0 aliphatic heterocycles. The molecule has 230 valence electrons. The van der Waals surface area contributed by atoms with Gasteiger partial charge in [-0.05, 0) is 104 Å². The number of hydrogen-bond donors (Lipinski definition) is 1. The van der Waals surface area contributed by atoms with Crippen molar-refractivity contribution in [2.24, 2.45) is 5.73 Å². The Balaban J connectivity index is 1.47. The number of benzene rings is 6. The summed E-state index contributed by atoms with van der Waals surface area (Å²) in [6.45, 7) is 4.59. The molecule has 6 aromatic rings. The van der Waals surface area contributed by atoms with Crippen molar-refractivity contribution in [1.82, 2.24) is 0 Å². The number of unbranched alkanes of at least 4 members (excludes halogenated alkanes) is 1. The molecule has 2 N–H and O–H groups in total. The van der Waals surface area contributed by atoms with Gasteiger partial charge in [0.15, 0.2) is 0 Å². The Morgan fingerprint density at radius 2 is 1.29 bits per heavy atom. The van der Waals surface area contributed by atoms with Gasteiger partial charge in [-0.1, -0.05) is 152 Å². The maximum absolute atomic E-state index is 9.32. The number of nitrogens with two attached hydrogens (primary N) is 1. The molecule has 0 unspecified atom stereocenters. The van der Waals surface area contributed by atoms with E-state index in [1.807, 2.05) is 6.08 Å². The monoisotopic (exact) mass is 616 g/mol.